The van der Waals surface area contributed by atoms with Gasteiger partial charge in [-0.05, 0) is 31.4 Å². The second kappa shape index (κ2) is 6.02. The summed E-state index contributed by atoms with van der Waals surface area (Å²) in [6.45, 7) is 4.21. The van der Waals surface area contributed by atoms with Crippen LogP contribution in [0.15, 0.2) is 30.3 Å². The smallest absolute Gasteiger partial charge is 0.273 e. The molecular weight excluding hydrogens is 304 g/mol. The number of benzene rings is 1. The number of hydrogen-bond acceptors (Lipinski definition) is 4. The van der Waals surface area contributed by atoms with E-state index in [0.29, 0.717) is 24.8 Å². The Morgan fingerprint density at radius 3 is 2.83 bits per heavy atom. The van der Waals surface area contributed by atoms with Crippen molar-refractivity contribution in [3.63, 3.8) is 0 Å². The first-order valence-electron chi connectivity index (χ1n) is 8.53. The van der Waals surface area contributed by atoms with E-state index >= 15 is 0 Å². The Morgan fingerprint density at radius 1 is 1.38 bits per heavy atom. The molecule has 0 unspecified atom stereocenters. The highest BCUT2D eigenvalue weighted by atomic mass is 16.5. The normalized spacial score (nSPS) is 23.4. The van der Waals surface area contributed by atoms with Gasteiger partial charge in [0.15, 0.2) is 5.69 Å². The molecule has 6 heteroatoms. The third-order valence-corrected chi connectivity index (χ3v) is 4.86. The molecular formula is C18H22N4O2. The van der Waals surface area contributed by atoms with Crippen LogP contribution in [0.2, 0.25) is 0 Å². The zero-order chi connectivity index (χ0) is 16.6. The fourth-order valence-electron chi connectivity index (χ4n) is 3.16. The summed E-state index contributed by atoms with van der Waals surface area (Å²) in [6, 6.07) is 9.87. The molecule has 1 aromatic carbocycles. The highest BCUT2D eigenvalue weighted by Crippen LogP contribution is 2.42. The van der Waals surface area contributed by atoms with Crippen molar-refractivity contribution in [3.05, 3.63) is 41.7 Å². The van der Waals surface area contributed by atoms with Crippen LogP contribution >= 0.6 is 0 Å². The summed E-state index contributed by atoms with van der Waals surface area (Å²) in [4.78, 5) is 12.7. The number of nitrogens with one attached hydrogen (secondary N) is 1. The maximum Gasteiger partial charge on any atom is 0.273 e. The molecule has 0 radical (unpaired) electrons. The van der Waals surface area contributed by atoms with Crippen molar-refractivity contribution in [2.75, 3.05) is 19.8 Å². The van der Waals surface area contributed by atoms with Crippen molar-refractivity contribution in [1.82, 2.24) is 20.3 Å². The van der Waals surface area contributed by atoms with Gasteiger partial charge in [-0.2, -0.15) is 0 Å². The van der Waals surface area contributed by atoms with Gasteiger partial charge in [0.05, 0.1) is 18.0 Å². The lowest BCUT2D eigenvalue weighted by molar-refractivity contribution is 0.0919. The molecule has 1 aliphatic carbocycles. The Balaban J connectivity index is 1.57. The summed E-state index contributed by atoms with van der Waals surface area (Å²) in [5, 5.41) is 11.5. The summed E-state index contributed by atoms with van der Waals surface area (Å²) in [6.07, 6.45) is 3.15. The Kier molecular flexibility index (Phi) is 3.84. The first-order valence-corrected chi connectivity index (χ1v) is 8.53. The SMILES string of the molecule is C[C@@]1(CNC(=O)c2nnn(-c3ccccc3)c2C2CC2)CCOC1. The molecule has 1 saturated carbocycles. The molecule has 6 nitrogen and oxygen atoms in total. The molecule has 2 aromatic rings. The van der Waals surface area contributed by atoms with Crippen LogP contribution in [-0.2, 0) is 4.74 Å². The Bertz CT molecular complexity index is 731. The zero-order valence-electron chi connectivity index (χ0n) is 13.9. The topological polar surface area (TPSA) is 69.0 Å². The predicted octanol–water partition coefficient (Wildman–Crippen LogP) is 2.30. The number of nitrogens with zero attached hydrogens (tertiary/aromatic N) is 3. The van der Waals surface area contributed by atoms with Gasteiger partial charge in [-0.25, -0.2) is 4.68 Å². The summed E-state index contributed by atoms with van der Waals surface area (Å²) in [7, 11) is 0. The minimum Gasteiger partial charge on any atom is -0.381 e. The van der Waals surface area contributed by atoms with Gasteiger partial charge in [0.25, 0.3) is 5.91 Å². The van der Waals surface area contributed by atoms with Crippen molar-refractivity contribution >= 4 is 5.91 Å². The number of aromatic nitrogens is 3. The van der Waals surface area contributed by atoms with Crippen LogP contribution in [0.3, 0.4) is 0 Å². The molecule has 0 spiro atoms. The molecule has 2 aliphatic rings. The van der Waals surface area contributed by atoms with E-state index in [1.165, 1.54) is 0 Å². The highest BCUT2D eigenvalue weighted by Gasteiger charge is 2.35. The van der Waals surface area contributed by atoms with E-state index in [1.807, 2.05) is 35.0 Å². The van der Waals surface area contributed by atoms with Gasteiger partial charge in [0, 0.05) is 24.5 Å². The first-order chi connectivity index (χ1) is 11.7. The lowest BCUT2D eigenvalue weighted by Gasteiger charge is -2.21. The summed E-state index contributed by atoms with van der Waals surface area (Å²) in [5.74, 6) is 0.249. The molecule has 4 rings (SSSR count). The maximum atomic E-state index is 12.7. The van der Waals surface area contributed by atoms with Gasteiger partial charge in [0.1, 0.15) is 0 Å². The van der Waals surface area contributed by atoms with E-state index in [4.69, 9.17) is 4.74 Å². The molecule has 2 heterocycles. The molecule has 126 valence electrons. The molecule has 1 amide bonds. The van der Waals surface area contributed by atoms with E-state index in [0.717, 1.165) is 37.3 Å². The minimum absolute atomic E-state index is 0.0187. The summed E-state index contributed by atoms with van der Waals surface area (Å²) < 4.78 is 7.26. The number of hydrogen-bond donors (Lipinski definition) is 1. The van der Waals surface area contributed by atoms with Crippen molar-refractivity contribution < 1.29 is 9.53 Å². The number of ether oxygens (including phenoxy) is 1. The van der Waals surface area contributed by atoms with Crippen molar-refractivity contribution in [2.24, 2.45) is 5.41 Å². The van der Waals surface area contributed by atoms with Crippen LogP contribution < -0.4 is 5.32 Å². The van der Waals surface area contributed by atoms with Gasteiger partial charge >= 0.3 is 0 Å². The molecule has 0 bridgehead atoms. The number of amides is 1. The van der Waals surface area contributed by atoms with E-state index in [-0.39, 0.29) is 11.3 Å². The van der Waals surface area contributed by atoms with E-state index < -0.39 is 0 Å². The molecule has 1 atom stereocenters. The Labute approximate surface area is 141 Å². The van der Waals surface area contributed by atoms with Crippen LogP contribution in [0.5, 0.6) is 0 Å². The number of carbonyl (C=O) groups excluding carboxylic acids is 1. The summed E-state index contributed by atoms with van der Waals surface area (Å²) >= 11 is 0. The lowest BCUT2D eigenvalue weighted by atomic mass is 9.90. The maximum absolute atomic E-state index is 12.7. The predicted molar refractivity (Wildman–Crippen MR) is 89.2 cm³/mol. The van der Waals surface area contributed by atoms with E-state index in [9.17, 15) is 4.79 Å². The van der Waals surface area contributed by atoms with Gasteiger partial charge in [0.2, 0.25) is 0 Å². The lowest BCUT2D eigenvalue weighted by Crippen LogP contribution is -2.36. The van der Waals surface area contributed by atoms with Crippen LogP contribution in [0, 0.1) is 5.41 Å². The molecule has 24 heavy (non-hydrogen) atoms. The van der Waals surface area contributed by atoms with Crippen molar-refractivity contribution in [1.29, 1.82) is 0 Å². The largest absolute Gasteiger partial charge is 0.381 e. The monoisotopic (exact) mass is 326 g/mol. The van der Waals surface area contributed by atoms with Gasteiger partial charge in [-0.15, -0.1) is 5.10 Å². The summed E-state index contributed by atoms with van der Waals surface area (Å²) in [5.41, 5.74) is 2.36. The average molecular weight is 326 g/mol. The van der Waals surface area contributed by atoms with E-state index in [2.05, 4.69) is 22.6 Å². The van der Waals surface area contributed by atoms with Crippen molar-refractivity contribution in [2.45, 2.75) is 32.1 Å². The third-order valence-electron chi connectivity index (χ3n) is 4.86. The first kappa shape index (κ1) is 15.3. The minimum atomic E-state index is -0.132. The highest BCUT2D eigenvalue weighted by molar-refractivity contribution is 5.93. The van der Waals surface area contributed by atoms with Gasteiger partial charge < -0.3 is 10.1 Å². The Hall–Kier alpha value is -2.21. The van der Waals surface area contributed by atoms with E-state index in [1.54, 1.807) is 0 Å². The zero-order valence-corrected chi connectivity index (χ0v) is 13.9. The average Bonchev–Trinajstić information content (AvgIpc) is 3.19. The molecule has 1 aromatic heterocycles. The second-order valence-electron chi connectivity index (χ2n) is 7.14. The fraction of sp³-hybridized carbons (Fsp3) is 0.500. The van der Waals surface area contributed by atoms with Crippen LogP contribution in [0.1, 0.15) is 48.3 Å². The molecule has 1 aliphatic heterocycles. The van der Waals surface area contributed by atoms with Crippen LogP contribution in [0.4, 0.5) is 0 Å². The number of para-hydroxylation sites is 1. The second-order valence-corrected chi connectivity index (χ2v) is 7.14. The molecule has 2 fully saturated rings. The fourth-order valence-corrected chi connectivity index (χ4v) is 3.16. The standard InChI is InChI=1S/C18H22N4O2/c1-18(9-10-24-12-18)11-19-17(23)15-16(13-7-8-13)22(21-20-15)14-5-3-2-4-6-14/h2-6,13H,7-12H2,1H3,(H,19,23)/t18-/m0/s1. The van der Waals surface area contributed by atoms with Gasteiger partial charge in [-0.1, -0.05) is 30.3 Å². The quantitative estimate of drug-likeness (QED) is 0.915. The third kappa shape index (κ3) is 2.94. The molecule has 1 saturated heterocycles. The number of carbonyl (C=O) groups is 1. The van der Waals surface area contributed by atoms with Crippen LogP contribution in [0.25, 0.3) is 5.69 Å². The molecule has 1 N–H and O–H groups in total. The number of rotatable bonds is 5. The van der Waals surface area contributed by atoms with Crippen LogP contribution in [-0.4, -0.2) is 40.7 Å². The van der Waals surface area contributed by atoms with Crippen molar-refractivity contribution in [3.8, 4) is 5.69 Å². The Morgan fingerprint density at radius 2 is 2.17 bits per heavy atom. The van der Waals surface area contributed by atoms with Gasteiger partial charge in [-0.3, -0.25) is 4.79 Å².